The molecule has 1 amide bonds. The van der Waals surface area contributed by atoms with E-state index >= 15 is 0 Å². The lowest BCUT2D eigenvalue weighted by Crippen LogP contribution is -2.22. The molecular weight excluding hydrogens is 348 g/mol. The third kappa shape index (κ3) is 2.65. The summed E-state index contributed by atoms with van der Waals surface area (Å²) in [7, 11) is 0. The Morgan fingerprint density at radius 3 is 2.77 bits per heavy atom. The molecule has 5 nitrogen and oxygen atoms in total. The zero-order valence-corrected chi connectivity index (χ0v) is 12.9. The number of fused-ring (bicyclic) bond motifs is 1. The van der Waals surface area contributed by atoms with Crippen molar-refractivity contribution in [3.8, 4) is 5.75 Å². The predicted molar refractivity (Wildman–Crippen MR) is 85.0 cm³/mol. The third-order valence-electron chi connectivity index (χ3n) is 3.36. The lowest BCUT2D eigenvalue weighted by atomic mass is 10.1. The van der Waals surface area contributed by atoms with Crippen molar-refractivity contribution in [3.63, 3.8) is 0 Å². The Hall–Kier alpha value is -2.47. The summed E-state index contributed by atoms with van der Waals surface area (Å²) in [5.41, 5.74) is 4.24. The van der Waals surface area contributed by atoms with Gasteiger partial charge in [-0.2, -0.15) is 5.10 Å². The van der Waals surface area contributed by atoms with Gasteiger partial charge in [-0.15, -0.1) is 0 Å². The summed E-state index contributed by atoms with van der Waals surface area (Å²) in [6.07, 6.45) is 0.272. The second kappa shape index (κ2) is 5.73. The molecule has 0 aliphatic heterocycles. The van der Waals surface area contributed by atoms with Gasteiger partial charge in [-0.25, -0.2) is 5.43 Å². The number of ketones is 1. The number of phenolic OH excluding ortho intramolecular Hbond substituents is 1. The van der Waals surface area contributed by atoms with Crippen molar-refractivity contribution in [1.82, 2.24) is 5.43 Å². The lowest BCUT2D eigenvalue weighted by Gasteiger charge is -2.04. The molecule has 2 N–H and O–H groups in total. The van der Waals surface area contributed by atoms with Crippen LogP contribution < -0.4 is 5.43 Å². The normalized spacial score (nSPS) is 15.0. The molecule has 0 radical (unpaired) electrons. The highest BCUT2D eigenvalue weighted by atomic mass is 79.9. The van der Waals surface area contributed by atoms with Crippen LogP contribution in [-0.2, 0) is 11.2 Å². The van der Waals surface area contributed by atoms with E-state index in [0.29, 0.717) is 5.56 Å². The minimum atomic E-state index is -0.568. The van der Waals surface area contributed by atoms with Crippen LogP contribution in [0.2, 0.25) is 0 Å². The summed E-state index contributed by atoms with van der Waals surface area (Å²) in [6, 6.07) is 11.6. The second-order valence-corrected chi connectivity index (χ2v) is 5.74. The van der Waals surface area contributed by atoms with Gasteiger partial charge in [-0.3, -0.25) is 9.59 Å². The maximum atomic E-state index is 12.0. The minimum Gasteiger partial charge on any atom is -0.507 e. The molecule has 2 aromatic rings. The molecule has 6 heteroatoms. The summed E-state index contributed by atoms with van der Waals surface area (Å²) in [6.45, 7) is 0. The van der Waals surface area contributed by atoms with Crippen LogP contribution in [0.1, 0.15) is 21.5 Å². The van der Waals surface area contributed by atoms with E-state index in [2.05, 4.69) is 26.5 Å². The number of amides is 1. The van der Waals surface area contributed by atoms with Crippen LogP contribution in [0, 0.1) is 0 Å². The fraction of sp³-hybridized carbons (Fsp3) is 0.0625. The summed E-state index contributed by atoms with van der Waals surface area (Å²) >= 11 is 3.35. The first kappa shape index (κ1) is 14.5. The zero-order valence-electron chi connectivity index (χ0n) is 11.3. The molecule has 0 unspecified atom stereocenters. The number of nitrogens with one attached hydrogen (secondary N) is 1. The highest BCUT2D eigenvalue weighted by Gasteiger charge is 2.26. The van der Waals surface area contributed by atoms with Crippen LogP contribution in [-0.4, -0.2) is 22.5 Å². The number of para-hydroxylation sites is 1. The molecule has 22 heavy (non-hydrogen) atoms. The first-order valence-electron chi connectivity index (χ1n) is 6.54. The Balaban J connectivity index is 1.88. The van der Waals surface area contributed by atoms with Gasteiger partial charge in [0.15, 0.2) is 5.78 Å². The molecular formula is C16H11BrN2O3. The van der Waals surface area contributed by atoms with Crippen LogP contribution in [0.15, 0.2) is 52.0 Å². The molecule has 2 aromatic carbocycles. The molecule has 0 bridgehead atoms. The number of nitrogens with zero attached hydrogens (tertiary/aromatic N) is 1. The van der Waals surface area contributed by atoms with Gasteiger partial charge in [0, 0.05) is 16.5 Å². The molecule has 1 aliphatic carbocycles. The van der Waals surface area contributed by atoms with Gasteiger partial charge >= 0.3 is 0 Å². The van der Waals surface area contributed by atoms with Crippen molar-refractivity contribution < 1.29 is 14.7 Å². The number of hydrogen-bond donors (Lipinski definition) is 2. The number of carbonyl (C=O) groups is 2. The average Bonchev–Trinajstić information content (AvgIpc) is 2.80. The van der Waals surface area contributed by atoms with Crippen molar-refractivity contribution in [2.24, 2.45) is 5.10 Å². The van der Waals surface area contributed by atoms with Crippen LogP contribution >= 0.6 is 15.9 Å². The SMILES string of the molecule is O=C1Cc2ccc(Br)cc2/C1=N\NC(=O)c1ccccc1O. The topological polar surface area (TPSA) is 78.8 Å². The smallest absolute Gasteiger partial charge is 0.275 e. The van der Waals surface area contributed by atoms with E-state index in [4.69, 9.17) is 0 Å². The summed E-state index contributed by atoms with van der Waals surface area (Å²) in [4.78, 5) is 24.0. The van der Waals surface area contributed by atoms with Crippen molar-refractivity contribution in [2.45, 2.75) is 6.42 Å². The summed E-state index contributed by atoms with van der Waals surface area (Å²) in [5, 5.41) is 13.6. The average molecular weight is 359 g/mol. The number of Topliss-reactive ketones (excluding diaryl/α,β-unsaturated/α-hetero) is 1. The highest BCUT2D eigenvalue weighted by Crippen LogP contribution is 2.24. The first-order valence-corrected chi connectivity index (χ1v) is 7.33. The Labute approximate surface area is 134 Å². The predicted octanol–water partition coefficient (Wildman–Crippen LogP) is 2.41. The Morgan fingerprint density at radius 2 is 2.00 bits per heavy atom. The first-order chi connectivity index (χ1) is 10.6. The number of hydrazone groups is 1. The van der Waals surface area contributed by atoms with Crippen molar-refractivity contribution in [2.75, 3.05) is 0 Å². The van der Waals surface area contributed by atoms with E-state index in [0.717, 1.165) is 10.0 Å². The lowest BCUT2D eigenvalue weighted by molar-refractivity contribution is -0.112. The van der Waals surface area contributed by atoms with E-state index in [1.54, 1.807) is 18.2 Å². The van der Waals surface area contributed by atoms with Gasteiger partial charge in [0.2, 0.25) is 0 Å². The van der Waals surface area contributed by atoms with Crippen LogP contribution in [0.25, 0.3) is 0 Å². The molecule has 3 rings (SSSR count). The van der Waals surface area contributed by atoms with E-state index in [1.165, 1.54) is 12.1 Å². The number of benzene rings is 2. The maximum absolute atomic E-state index is 12.0. The number of carbonyl (C=O) groups excluding carboxylic acids is 2. The Bertz CT molecular complexity index is 815. The second-order valence-electron chi connectivity index (χ2n) is 4.82. The largest absolute Gasteiger partial charge is 0.507 e. The monoisotopic (exact) mass is 358 g/mol. The van der Waals surface area contributed by atoms with Crippen LogP contribution in [0.4, 0.5) is 0 Å². The third-order valence-corrected chi connectivity index (χ3v) is 3.85. The van der Waals surface area contributed by atoms with E-state index in [-0.39, 0.29) is 29.2 Å². The van der Waals surface area contributed by atoms with Crippen LogP contribution in [0.3, 0.4) is 0 Å². The van der Waals surface area contributed by atoms with E-state index in [9.17, 15) is 14.7 Å². The van der Waals surface area contributed by atoms with E-state index < -0.39 is 5.91 Å². The maximum Gasteiger partial charge on any atom is 0.275 e. The molecule has 0 heterocycles. The summed E-state index contributed by atoms with van der Waals surface area (Å²) in [5.74, 6) is -0.853. The zero-order chi connectivity index (χ0) is 15.7. The van der Waals surface area contributed by atoms with Gasteiger partial charge in [-0.1, -0.05) is 34.1 Å². The van der Waals surface area contributed by atoms with Gasteiger partial charge in [0.05, 0.1) is 5.56 Å². The molecule has 0 fully saturated rings. The molecule has 110 valence electrons. The molecule has 0 spiro atoms. The van der Waals surface area contributed by atoms with Crippen LogP contribution in [0.5, 0.6) is 5.75 Å². The van der Waals surface area contributed by atoms with Gasteiger partial charge in [-0.05, 0) is 29.8 Å². The van der Waals surface area contributed by atoms with Crippen molar-refractivity contribution >= 4 is 33.3 Å². The van der Waals surface area contributed by atoms with E-state index in [1.807, 2.05) is 12.1 Å². The standard InChI is InChI=1S/C16H11BrN2O3/c17-10-6-5-9-7-14(21)15(12(9)8-10)18-19-16(22)11-3-1-2-4-13(11)20/h1-6,8,20H,7H2,(H,19,22)/b18-15+. The van der Waals surface area contributed by atoms with Gasteiger partial charge in [0.25, 0.3) is 5.91 Å². The minimum absolute atomic E-state index is 0.103. The number of rotatable bonds is 2. The van der Waals surface area contributed by atoms with Crippen molar-refractivity contribution in [1.29, 1.82) is 0 Å². The number of hydrogen-bond acceptors (Lipinski definition) is 4. The number of halogens is 1. The molecule has 0 atom stereocenters. The fourth-order valence-electron chi connectivity index (χ4n) is 2.29. The van der Waals surface area contributed by atoms with Gasteiger partial charge < -0.3 is 5.11 Å². The molecule has 0 aromatic heterocycles. The summed E-state index contributed by atoms with van der Waals surface area (Å²) < 4.78 is 0.834. The fourth-order valence-corrected chi connectivity index (χ4v) is 2.65. The molecule has 0 saturated carbocycles. The Kier molecular flexibility index (Phi) is 3.77. The van der Waals surface area contributed by atoms with Gasteiger partial charge in [0.1, 0.15) is 11.5 Å². The van der Waals surface area contributed by atoms with Crippen molar-refractivity contribution in [3.05, 3.63) is 63.6 Å². The molecule has 0 saturated heterocycles. The number of aromatic hydroxyl groups is 1. The highest BCUT2D eigenvalue weighted by molar-refractivity contribution is 9.10. The quantitative estimate of drug-likeness (QED) is 0.809. The number of phenols is 1. The molecule has 1 aliphatic rings. The Morgan fingerprint density at radius 1 is 1.23 bits per heavy atom.